The molecule has 0 radical (unpaired) electrons. The number of hydrogen-bond acceptors (Lipinski definition) is 6. The highest BCUT2D eigenvalue weighted by atomic mass is 35.5. The van der Waals surface area contributed by atoms with Crippen LogP contribution in [0.15, 0.2) is 53.4 Å². The van der Waals surface area contributed by atoms with E-state index in [4.69, 9.17) is 16.3 Å². The highest BCUT2D eigenvalue weighted by Gasteiger charge is 2.45. The summed E-state index contributed by atoms with van der Waals surface area (Å²) in [5.41, 5.74) is -0.239. The van der Waals surface area contributed by atoms with Crippen LogP contribution in [0.3, 0.4) is 0 Å². The number of amides is 2. The Hall–Kier alpha value is -2.95. The molecule has 2 N–H and O–H groups in total. The van der Waals surface area contributed by atoms with Crippen molar-refractivity contribution in [3.63, 3.8) is 0 Å². The molecule has 3 rings (SSSR count). The second-order valence-electron chi connectivity index (χ2n) is 7.94. The van der Waals surface area contributed by atoms with Crippen LogP contribution in [0.25, 0.3) is 0 Å². The number of nitrogens with zero attached hydrogens (tertiary/aromatic N) is 1. The third-order valence-corrected chi connectivity index (χ3v) is 6.86. The molecule has 1 atom stereocenters. The zero-order valence-electron chi connectivity index (χ0n) is 18.3. The van der Waals surface area contributed by atoms with Crippen LogP contribution in [0.1, 0.15) is 27.2 Å². The van der Waals surface area contributed by atoms with E-state index in [1.165, 1.54) is 36.1 Å². The van der Waals surface area contributed by atoms with Gasteiger partial charge in [0, 0.05) is 11.6 Å². The number of rotatable bonds is 7. The molecule has 2 amide bonds. The van der Waals surface area contributed by atoms with Gasteiger partial charge >= 0.3 is 5.97 Å². The van der Waals surface area contributed by atoms with Crippen LogP contribution in [0, 0.1) is 0 Å². The molecule has 11 heteroatoms. The van der Waals surface area contributed by atoms with Crippen molar-refractivity contribution < 1.29 is 27.5 Å². The molecule has 0 saturated heterocycles. The SMILES string of the molecule is C[C@H](OC(=O)CCNS(=O)(=O)c1ccc(Cl)cc1)C(=O)N1c2ccccc2NC(=O)C1(C)C. The molecule has 0 bridgehead atoms. The fourth-order valence-corrected chi connectivity index (χ4v) is 4.48. The number of esters is 1. The average Bonchev–Trinajstić information content (AvgIpc) is 2.74. The van der Waals surface area contributed by atoms with Crippen LogP contribution in [-0.4, -0.2) is 44.4 Å². The lowest BCUT2D eigenvalue weighted by Crippen LogP contribution is -2.60. The molecule has 1 aliphatic rings. The van der Waals surface area contributed by atoms with Crippen LogP contribution < -0.4 is 14.9 Å². The molecule has 0 unspecified atom stereocenters. The first-order valence-corrected chi connectivity index (χ1v) is 12.0. The van der Waals surface area contributed by atoms with Crippen LogP contribution in [0.4, 0.5) is 11.4 Å². The lowest BCUT2D eigenvalue weighted by atomic mass is 9.95. The minimum absolute atomic E-state index is 0.00749. The Labute approximate surface area is 197 Å². The van der Waals surface area contributed by atoms with Crippen LogP contribution in [0.5, 0.6) is 0 Å². The number of benzene rings is 2. The summed E-state index contributed by atoms with van der Waals surface area (Å²) in [6.07, 6.45) is -1.48. The maximum absolute atomic E-state index is 13.1. The fourth-order valence-electron chi connectivity index (χ4n) is 3.32. The summed E-state index contributed by atoms with van der Waals surface area (Å²) in [6.45, 7) is 4.38. The number of fused-ring (bicyclic) bond motifs is 1. The number of ether oxygens (including phenoxy) is 1. The lowest BCUT2D eigenvalue weighted by Gasteiger charge is -2.42. The first-order chi connectivity index (χ1) is 15.4. The molecule has 33 heavy (non-hydrogen) atoms. The Balaban J connectivity index is 1.62. The predicted molar refractivity (Wildman–Crippen MR) is 123 cm³/mol. The van der Waals surface area contributed by atoms with Gasteiger partial charge in [0.1, 0.15) is 5.54 Å². The Morgan fingerprint density at radius 3 is 2.45 bits per heavy atom. The number of hydrogen-bond donors (Lipinski definition) is 2. The molecule has 2 aromatic carbocycles. The van der Waals surface area contributed by atoms with E-state index in [1.54, 1.807) is 38.1 Å². The van der Waals surface area contributed by atoms with Gasteiger partial charge in [-0.2, -0.15) is 0 Å². The molecule has 0 aliphatic carbocycles. The van der Waals surface area contributed by atoms with Gasteiger partial charge < -0.3 is 10.1 Å². The highest BCUT2D eigenvalue weighted by Crippen LogP contribution is 2.37. The van der Waals surface area contributed by atoms with Gasteiger partial charge in [-0.15, -0.1) is 0 Å². The number of nitrogens with one attached hydrogen (secondary N) is 2. The van der Waals surface area contributed by atoms with Crippen molar-refractivity contribution in [2.45, 2.75) is 43.7 Å². The molecule has 1 heterocycles. The van der Waals surface area contributed by atoms with E-state index < -0.39 is 33.5 Å². The van der Waals surface area contributed by atoms with E-state index in [1.807, 2.05) is 0 Å². The van der Waals surface area contributed by atoms with E-state index in [2.05, 4.69) is 10.0 Å². The summed E-state index contributed by atoms with van der Waals surface area (Å²) in [5.74, 6) is -1.70. The number of carbonyl (C=O) groups excluding carboxylic acids is 3. The first kappa shape index (κ1) is 24.7. The molecular weight excluding hydrogens is 470 g/mol. The second-order valence-corrected chi connectivity index (χ2v) is 10.1. The molecule has 1 aliphatic heterocycles. The summed E-state index contributed by atoms with van der Waals surface area (Å²) < 4.78 is 32.1. The Morgan fingerprint density at radius 2 is 1.79 bits per heavy atom. The van der Waals surface area contributed by atoms with Crippen LogP contribution in [-0.2, 0) is 29.1 Å². The molecule has 2 aromatic rings. The quantitative estimate of drug-likeness (QED) is 0.572. The van der Waals surface area contributed by atoms with Crippen molar-refractivity contribution >= 4 is 50.8 Å². The van der Waals surface area contributed by atoms with E-state index >= 15 is 0 Å². The Kier molecular flexibility index (Phi) is 7.11. The summed E-state index contributed by atoms with van der Waals surface area (Å²) in [4.78, 5) is 39.2. The number of sulfonamides is 1. The van der Waals surface area contributed by atoms with Crippen molar-refractivity contribution in [2.75, 3.05) is 16.8 Å². The summed E-state index contributed by atoms with van der Waals surface area (Å²) in [7, 11) is -3.83. The topological polar surface area (TPSA) is 122 Å². The smallest absolute Gasteiger partial charge is 0.307 e. The van der Waals surface area contributed by atoms with Gasteiger partial charge in [-0.25, -0.2) is 13.1 Å². The van der Waals surface area contributed by atoms with E-state index in [0.29, 0.717) is 16.4 Å². The summed E-state index contributed by atoms with van der Waals surface area (Å²) in [6, 6.07) is 12.4. The number of carbonyl (C=O) groups is 3. The van der Waals surface area contributed by atoms with Crippen molar-refractivity contribution in [1.82, 2.24) is 4.72 Å². The Morgan fingerprint density at radius 1 is 1.15 bits per heavy atom. The standard InChI is InChI=1S/C22H24ClN3O6S/c1-14(20(28)26-18-7-5-4-6-17(18)25-21(29)22(26,2)3)32-19(27)12-13-24-33(30,31)16-10-8-15(23)9-11-16/h4-11,14,24H,12-13H2,1-3H3,(H,25,29)/t14-/m0/s1. The maximum Gasteiger partial charge on any atom is 0.307 e. The molecule has 0 spiro atoms. The van der Waals surface area contributed by atoms with Crippen molar-refractivity contribution in [3.05, 3.63) is 53.6 Å². The number of anilines is 2. The number of para-hydroxylation sites is 2. The van der Waals surface area contributed by atoms with Crippen molar-refractivity contribution in [1.29, 1.82) is 0 Å². The predicted octanol–water partition coefficient (Wildman–Crippen LogP) is 2.70. The molecule has 9 nitrogen and oxygen atoms in total. The molecular formula is C22H24ClN3O6S. The summed E-state index contributed by atoms with van der Waals surface area (Å²) >= 11 is 5.76. The zero-order valence-corrected chi connectivity index (χ0v) is 19.9. The van der Waals surface area contributed by atoms with Crippen molar-refractivity contribution in [3.8, 4) is 0 Å². The van der Waals surface area contributed by atoms with Gasteiger partial charge in [-0.05, 0) is 57.2 Å². The average molecular weight is 494 g/mol. The van der Waals surface area contributed by atoms with E-state index in [9.17, 15) is 22.8 Å². The highest BCUT2D eigenvalue weighted by molar-refractivity contribution is 7.89. The molecule has 176 valence electrons. The third-order valence-electron chi connectivity index (χ3n) is 5.13. The molecule has 0 fully saturated rings. The van der Waals surface area contributed by atoms with Gasteiger partial charge in [-0.1, -0.05) is 23.7 Å². The van der Waals surface area contributed by atoms with E-state index in [0.717, 1.165) is 0 Å². The monoisotopic (exact) mass is 493 g/mol. The maximum atomic E-state index is 13.1. The van der Waals surface area contributed by atoms with Gasteiger partial charge in [0.15, 0.2) is 6.10 Å². The number of halogens is 1. The molecule has 0 saturated carbocycles. The minimum atomic E-state index is -3.83. The van der Waals surface area contributed by atoms with Crippen LogP contribution >= 0.6 is 11.6 Å². The lowest BCUT2D eigenvalue weighted by molar-refractivity contribution is -0.154. The Bertz CT molecular complexity index is 1180. The van der Waals surface area contributed by atoms with Crippen molar-refractivity contribution in [2.24, 2.45) is 0 Å². The van der Waals surface area contributed by atoms with Gasteiger partial charge in [0.2, 0.25) is 15.9 Å². The van der Waals surface area contributed by atoms with Gasteiger partial charge in [0.05, 0.1) is 22.7 Å². The van der Waals surface area contributed by atoms with Gasteiger partial charge in [-0.3, -0.25) is 19.3 Å². The fraction of sp³-hybridized carbons (Fsp3) is 0.318. The third kappa shape index (κ3) is 5.35. The van der Waals surface area contributed by atoms with Gasteiger partial charge in [0.25, 0.3) is 5.91 Å². The first-order valence-electron chi connectivity index (χ1n) is 10.1. The normalized spacial score (nSPS) is 15.9. The van der Waals surface area contributed by atoms with Crippen LogP contribution in [0.2, 0.25) is 5.02 Å². The minimum Gasteiger partial charge on any atom is -0.452 e. The second kappa shape index (κ2) is 9.50. The van der Waals surface area contributed by atoms with E-state index in [-0.39, 0.29) is 23.8 Å². The summed E-state index contributed by atoms with van der Waals surface area (Å²) in [5, 5.41) is 3.16. The largest absolute Gasteiger partial charge is 0.452 e. The molecule has 0 aromatic heterocycles. The zero-order chi connectivity index (χ0) is 24.4.